The van der Waals surface area contributed by atoms with Crippen molar-refractivity contribution in [2.45, 2.75) is 33.9 Å². The number of nitrogens with one attached hydrogen (secondary N) is 1. The van der Waals surface area contributed by atoms with Crippen LogP contribution in [-0.4, -0.2) is 73.6 Å². The van der Waals surface area contributed by atoms with E-state index in [0.717, 1.165) is 22.0 Å². The highest BCUT2D eigenvalue weighted by atomic mass is 16.2. The van der Waals surface area contributed by atoms with E-state index >= 15 is 0 Å². The number of carbonyl (C=O) groups excluding carboxylic acids is 2. The number of nitrogen functional groups attached to an aromatic ring is 1. The van der Waals surface area contributed by atoms with Crippen LogP contribution in [-0.2, 0) is 17.9 Å². The summed E-state index contributed by atoms with van der Waals surface area (Å²) < 4.78 is 1.61. The first-order valence-electron chi connectivity index (χ1n) is 12.2. The summed E-state index contributed by atoms with van der Waals surface area (Å²) >= 11 is 0. The third-order valence-corrected chi connectivity index (χ3v) is 6.29. The Balaban J connectivity index is 1.50. The van der Waals surface area contributed by atoms with Crippen LogP contribution < -0.4 is 16.0 Å². The van der Waals surface area contributed by atoms with Gasteiger partial charge in [-0.25, -0.2) is 24.6 Å². The first kappa shape index (κ1) is 26.5. The van der Waals surface area contributed by atoms with Gasteiger partial charge in [-0.1, -0.05) is 18.2 Å². The van der Waals surface area contributed by atoms with Crippen LogP contribution in [0.4, 0.5) is 11.6 Å². The van der Waals surface area contributed by atoms with E-state index in [1.807, 2.05) is 50.1 Å². The van der Waals surface area contributed by atoms with Crippen molar-refractivity contribution in [3.63, 3.8) is 0 Å². The predicted octanol–water partition coefficient (Wildman–Crippen LogP) is 1.65. The molecule has 198 valence electrons. The van der Waals surface area contributed by atoms with Gasteiger partial charge in [0.2, 0.25) is 5.91 Å². The highest BCUT2D eigenvalue weighted by Gasteiger charge is 2.18. The number of pyridine rings is 1. The number of hydrogen-bond donors (Lipinski definition) is 2. The Morgan fingerprint density at radius 2 is 1.82 bits per heavy atom. The van der Waals surface area contributed by atoms with Crippen LogP contribution in [0.2, 0.25) is 0 Å². The molecule has 0 bridgehead atoms. The summed E-state index contributed by atoms with van der Waals surface area (Å²) in [5, 5.41) is 8.12. The molecule has 38 heavy (non-hydrogen) atoms. The zero-order valence-corrected chi connectivity index (χ0v) is 22.3. The lowest BCUT2D eigenvalue weighted by Gasteiger charge is -2.25. The largest absolute Gasteiger partial charge is 0.382 e. The standard InChI is InChI=1S/C26H32N10O2/c1-16-7-6-8-19-13-20(14-30-26(38)23-24(27)29-10-9-28-23)25(32-22(16)19)35(5)12-11-34(4)21(37)15-36-18(3)31-17(2)33-36/h6-10,13H,11-12,14-15H2,1-5H3,(H2,27,29)(H,30,38). The maximum absolute atomic E-state index is 12.8. The van der Waals surface area contributed by atoms with Crippen LogP contribution in [0.1, 0.15) is 33.3 Å². The number of para-hydroxylation sites is 1. The van der Waals surface area contributed by atoms with Crippen molar-refractivity contribution in [3.8, 4) is 0 Å². The second-order valence-electron chi connectivity index (χ2n) is 9.19. The first-order chi connectivity index (χ1) is 18.1. The normalized spacial score (nSPS) is 11.0. The summed E-state index contributed by atoms with van der Waals surface area (Å²) in [5.74, 6) is 1.63. The summed E-state index contributed by atoms with van der Waals surface area (Å²) in [4.78, 5) is 46.3. The molecule has 0 unspecified atom stereocenters. The Labute approximate surface area is 220 Å². The lowest BCUT2D eigenvalue weighted by atomic mass is 10.1. The maximum Gasteiger partial charge on any atom is 0.273 e. The third-order valence-electron chi connectivity index (χ3n) is 6.29. The number of rotatable bonds is 9. The van der Waals surface area contributed by atoms with Crippen molar-refractivity contribution in [2.75, 3.05) is 37.8 Å². The van der Waals surface area contributed by atoms with E-state index in [-0.39, 0.29) is 30.5 Å². The number of nitrogens with zero attached hydrogens (tertiary/aromatic N) is 8. The molecule has 4 rings (SSSR count). The van der Waals surface area contributed by atoms with Gasteiger partial charge in [-0.05, 0) is 32.4 Å². The number of hydrogen-bond acceptors (Lipinski definition) is 9. The van der Waals surface area contributed by atoms with Crippen LogP contribution in [0.15, 0.2) is 36.7 Å². The average Bonchev–Trinajstić information content (AvgIpc) is 3.21. The average molecular weight is 517 g/mol. The van der Waals surface area contributed by atoms with Gasteiger partial charge in [0.25, 0.3) is 5.91 Å². The van der Waals surface area contributed by atoms with Crippen LogP contribution in [0, 0.1) is 20.8 Å². The third kappa shape index (κ3) is 5.85. The summed E-state index contributed by atoms with van der Waals surface area (Å²) in [7, 11) is 3.68. The number of aromatic nitrogens is 6. The Kier molecular flexibility index (Phi) is 7.79. The summed E-state index contributed by atoms with van der Waals surface area (Å²) in [6.45, 7) is 6.98. The molecule has 0 saturated heterocycles. The fourth-order valence-corrected chi connectivity index (χ4v) is 4.11. The van der Waals surface area contributed by atoms with Gasteiger partial charge < -0.3 is 20.9 Å². The van der Waals surface area contributed by atoms with Gasteiger partial charge >= 0.3 is 0 Å². The van der Waals surface area contributed by atoms with E-state index in [1.54, 1.807) is 23.6 Å². The van der Waals surface area contributed by atoms with Gasteiger partial charge in [0, 0.05) is 57.1 Å². The fourth-order valence-electron chi connectivity index (χ4n) is 4.11. The van der Waals surface area contributed by atoms with Gasteiger partial charge in [-0.2, -0.15) is 5.10 Å². The molecule has 0 saturated carbocycles. The molecule has 3 N–H and O–H groups in total. The monoisotopic (exact) mass is 516 g/mol. The number of fused-ring (bicyclic) bond motifs is 1. The molecule has 3 heterocycles. The van der Waals surface area contributed by atoms with Crippen molar-refractivity contribution in [1.29, 1.82) is 0 Å². The number of aryl methyl sites for hydroxylation is 3. The minimum absolute atomic E-state index is 0.0669. The molecule has 0 aliphatic heterocycles. The van der Waals surface area contributed by atoms with Crippen molar-refractivity contribution < 1.29 is 9.59 Å². The molecule has 2 amide bonds. The number of benzene rings is 1. The number of amides is 2. The maximum atomic E-state index is 12.8. The molecular weight excluding hydrogens is 484 g/mol. The Bertz CT molecular complexity index is 1480. The molecule has 0 radical (unpaired) electrons. The van der Waals surface area contributed by atoms with Crippen LogP contribution in [0.25, 0.3) is 10.9 Å². The van der Waals surface area contributed by atoms with Crippen molar-refractivity contribution in [2.24, 2.45) is 0 Å². The second-order valence-corrected chi connectivity index (χ2v) is 9.19. The van der Waals surface area contributed by atoms with Gasteiger partial charge in [0.1, 0.15) is 24.0 Å². The molecule has 12 nitrogen and oxygen atoms in total. The van der Waals surface area contributed by atoms with E-state index in [2.05, 4.69) is 25.4 Å². The molecular formula is C26H32N10O2. The zero-order valence-electron chi connectivity index (χ0n) is 22.3. The minimum atomic E-state index is -0.419. The zero-order chi connectivity index (χ0) is 27.4. The summed E-state index contributed by atoms with van der Waals surface area (Å²) in [6, 6.07) is 8.00. The van der Waals surface area contributed by atoms with Gasteiger partial charge in [0.15, 0.2) is 11.5 Å². The van der Waals surface area contributed by atoms with E-state index in [1.165, 1.54) is 12.4 Å². The number of nitrogens with two attached hydrogens (primary N) is 1. The highest BCUT2D eigenvalue weighted by Crippen LogP contribution is 2.25. The molecule has 0 fully saturated rings. The number of carbonyl (C=O) groups is 2. The summed E-state index contributed by atoms with van der Waals surface area (Å²) in [6.07, 6.45) is 2.86. The van der Waals surface area contributed by atoms with E-state index in [9.17, 15) is 9.59 Å². The molecule has 0 spiro atoms. The lowest BCUT2D eigenvalue weighted by molar-refractivity contribution is -0.130. The molecule has 1 aromatic carbocycles. The smallest absolute Gasteiger partial charge is 0.273 e. The topological polar surface area (TPSA) is 148 Å². The Hall–Kier alpha value is -4.61. The van der Waals surface area contributed by atoms with Crippen molar-refractivity contribution in [3.05, 3.63) is 65.1 Å². The molecule has 4 aromatic rings. The van der Waals surface area contributed by atoms with Crippen LogP contribution in [0.3, 0.4) is 0 Å². The predicted molar refractivity (Wildman–Crippen MR) is 144 cm³/mol. The van der Waals surface area contributed by atoms with E-state index in [0.29, 0.717) is 30.6 Å². The quantitative estimate of drug-likeness (QED) is 0.339. The Morgan fingerprint density at radius 3 is 2.53 bits per heavy atom. The molecule has 0 atom stereocenters. The molecule has 0 aliphatic carbocycles. The molecule has 3 aromatic heterocycles. The van der Waals surface area contributed by atoms with Crippen LogP contribution in [0.5, 0.6) is 0 Å². The highest BCUT2D eigenvalue weighted by molar-refractivity contribution is 5.96. The minimum Gasteiger partial charge on any atom is -0.382 e. The van der Waals surface area contributed by atoms with Gasteiger partial charge in [-0.15, -0.1) is 0 Å². The molecule has 12 heteroatoms. The van der Waals surface area contributed by atoms with Crippen LogP contribution >= 0.6 is 0 Å². The van der Waals surface area contributed by atoms with E-state index in [4.69, 9.17) is 10.7 Å². The van der Waals surface area contributed by atoms with Crippen molar-refractivity contribution in [1.82, 2.24) is 39.9 Å². The van der Waals surface area contributed by atoms with E-state index < -0.39 is 5.91 Å². The second kappa shape index (κ2) is 11.2. The first-order valence-corrected chi connectivity index (χ1v) is 12.2. The Morgan fingerprint density at radius 1 is 1.05 bits per heavy atom. The van der Waals surface area contributed by atoms with Crippen molar-refractivity contribution >= 4 is 34.4 Å². The lowest BCUT2D eigenvalue weighted by Crippen LogP contribution is -2.37. The number of likely N-dealkylation sites (N-methyl/N-ethyl adjacent to an activating group) is 2. The van der Waals surface area contributed by atoms with Gasteiger partial charge in [-0.3, -0.25) is 9.59 Å². The SMILES string of the molecule is Cc1nc(C)n(CC(=O)N(C)CCN(C)c2nc3c(C)cccc3cc2CNC(=O)c2nccnc2N)n1. The fraction of sp³-hybridized carbons (Fsp3) is 0.346. The van der Waals surface area contributed by atoms with Gasteiger partial charge in [0.05, 0.1) is 5.52 Å². The number of anilines is 2. The summed E-state index contributed by atoms with van der Waals surface area (Å²) in [5.41, 5.74) is 8.64. The molecule has 0 aliphatic rings.